The van der Waals surface area contributed by atoms with Crippen molar-refractivity contribution in [2.24, 2.45) is 10.7 Å². The third-order valence-electron chi connectivity index (χ3n) is 3.46. The Morgan fingerprint density at radius 3 is 2.71 bits per heavy atom. The lowest BCUT2D eigenvalue weighted by Crippen LogP contribution is -2.23. The number of hydrogen-bond donors (Lipinski definition) is 2. The third kappa shape index (κ3) is 4.48. The molecule has 0 unspecified atom stereocenters. The predicted octanol–water partition coefficient (Wildman–Crippen LogP) is 4.12. The Labute approximate surface area is 157 Å². The van der Waals surface area contributed by atoms with Crippen LogP contribution in [0.15, 0.2) is 64.0 Å². The second kappa shape index (κ2) is 8.70. The van der Waals surface area contributed by atoms with Crippen LogP contribution < -0.4 is 11.1 Å². The number of aliphatic imine (C=N–C) groups is 1. The molecule has 0 amide bonds. The number of methoxy groups -OCH3 is 1. The van der Waals surface area contributed by atoms with Crippen LogP contribution in [0.25, 0.3) is 11.0 Å². The van der Waals surface area contributed by atoms with Gasteiger partial charge >= 0.3 is 0 Å². The lowest BCUT2D eigenvalue weighted by molar-refractivity contribution is 0.185. The van der Waals surface area contributed by atoms with Crippen molar-refractivity contribution < 1.29 is 9.15 Å². The lowest BCUT2D eigenvalue weighted by Gasteiger charge is -2.10. The highest BCUT2D eigenvalue weighted by Gasteiger charge is 2.04. The van der Waals surface area contributed by atoms with E-state index in [4.69, 9.17) is 14.9 Å². The number of benzene rings is 2. The van der Waals surface area contributed by atoms with Gasteiger partial charge in [0.05, 0.1) is 6.61 Å². The monoisotopic (exact) mass is 437 g/mol. The highest BCUT2D eigenvalue weighted by molar-refractivity contribution is 14.0. The molecule has 0 spiro atoms. The molecule has 3 aromatic rings. The van der Waals surface area contributed by atoms with Crippen LogP contribution in [0.5, 0.6) is 0 Å². The second-order valence-corrected chi connectivity index (χ2v) is 5.17. The van der Waals surface area contributed by atoms with Crippen molar-refractivity contribution in [3.05, 3.63) is 65.9 Å². The van der Waals surface area contributed by atoms with E-state index < -0.39 is 0 Å². The first-order valence-corrected chi connectivity index (χ1v) is 7.37. The van der Waals surface area contributed by atoms with Crippen molar-refractivity contribution in [3.8, 4) is 0 Å². The van der Waals surface area contributed by atoms with Gasteiger partial charge in [-0.25, -0.2) is 4.99 Å². The Morgan fingerprint density at radius 1 is 1.17 bits per heavy atom. The summed E-state index contributed by atoms with van der Waals surface area (Å²) in [5.41, 5.74) is 8.74. The number of nitrogens with one attached hydrogen (secondary N) is 1. The molecule has 1 aromatic heterocycles. The van der Waals surface area contributed by atoms with Gasteiger partial charge in [0.15, 0.2) is 5.96 Å². The number of fused-ring (bicyclic) bond motifs is 1. The summed E-state index contributed by atoms with van der Waals surface area (Å²) in [6.07, 6.45) is 0. The Bertz CT molecular complexity index is 797. The first kappa shape index (κ1) is 18.3. The number of hydrogen-bond acceptors (Lipinski definition) is 3. The van der Waals surface area contributed by atoms with Crippen LogP contribution in [-0.4, -0.2) is 13.1 Å². The summed E-state index contributed by atoms with van der Waals surface area (Å²) in [5, 5.41) is 4.17. The minimum Gasteiger partial charge on any atom is -0.459 e. The van der Waals surface area contributed by atoms with Gasteiger partial charge in [0, 0.05) is 23.7 Å². The maximum Gasteiger partial charge on any atom is 0.193 e. The Hall–Kier alpha value is -2.06. The van der Waals surface area contributed by atoms with Crippen molar-refractivity contribution >= 4 is 46.6 Å². The fourth-order valence-corrected chi connectivity index (χ4v) is 2.38. The number of ether oxygens (including phenoxy) is 1. The van der Waals surface area contributed by atoms with Crippen LogP contribution in [0, 0.1) is 0 Å². The van der Waals surface area contributed by atoms with Crippen LogP contribution in [0.3, 0.4) is 0 Å². The molecule has 0 aliphatic rings. The molecule has 24 heavy (non-hydrogen) atoms. The molecule has 0 aliphatic heterocycles. The van der Waals surface area contributed by atoms with Crippen molar-refractivity contribution in [3.63, 3.8) is 0 Å². The van der Waals surface area contributed by atoms with Gasteiger partial charge in [0.25, 0.3) is 0 Å². The zero-order chi connectivity index (χ0) is 16.1. The molecule has 0 saturated heterocycles. The van der Waals surface area contributed by atoms with Crippen LogP contribution >= 0.6 is 24.0 Å². The molecular formula is C18H20IN3O2. The van der Waals surface area contributed by atoms with Crippen LogP contribution in [0.2, 0.25) is 0 Å². The SMILES string of the molecule is COCc1ccccc1NC(N)=NCc1cc2ccccc2o1.I. The van der Waals surface area contributed by atoms with Gasteiger partial charge in [-0.1, -0.05) is 36.4 Å². The first-order valence-electron chi connectivity index (χ1n) is 7.37. The van der Waals surface area contributed by atoms with Gasteiger partial charge in [-0.3, -0.25) is 0 Å². The standard InChI is InChI=1S/C18H19N3O2.HI/c1-22-12-14-7-2-4-8-16(14)21-18(19)20-11-15-10-13-6-3-5-9-17(13)23-15;/h2-10H,11-12H2,1H3,(H3,19,20,21);1H. The molecule has 0 bridgehead atoms. The van der Waals surface area contributed by atoms with E-state index in [0.29, 0.717) is 19.1 Å². The smallest absolute Gasteiger partial charge is 0.193 e. The summed E-state index contributed by atoms with van der Waals surface area (Å²) in [6, 6.07) is 17.7. The van der Waals surface area contributed by atoms with E-state index in [1.165, 1.54) is 0 Å². The normalized spacial score (nSPS) is 11.3. The van der Waals surface area contributed by atoms with Crippen molar-refractivity contribution in [1.29, 1.82) is 0 Å². The molecule has 3 N–H and O–H groups in total. The molecule has 6 heteroatoms. The highest BCUT2D eigenvalue weighted by Crippen LogP contribution is 2.19. The Morgan fingerprint density at radius 2 is 1.92 bits per heavy atom. The van der Waals surface area contributed by atoms with E-state index in [9.17, 15) is 0 Å². The van der Waals surface area contributed by atoms with Crippen LogP contribution in [0.4, 0.5) is 5.69 Å². The molecule has 126 valence electrons. The average Bonchev–Trinajstić information content (AvgIpc) is 2.98. The topological polar surface area (TPSA) is 72.8 Å². The molecule has 0 aliphatic carbocycles. The molecule has 0 radical (unpaired) electrons. The maximum absolute atomic E-state index is 5.97. The molecule has 1 heterocycles. The molecule has 5 nitrogen and oxygen atoms in total. The van der Waals surface area contributed by atoms with Gasteiger partial charge < -0.3 is 20.2 Å². The van der Waals surface area contributed by atoms with Gasteiger partial charge in [0.1, 0.15) is 17.9 Å². The molecule has 0 saturated carbocycles. The van der Waals surface area contributed by atoms with Gasteiger partial charge in [-0.15, -0.1) is 24.0 Å². The number of rotatable bonds is 5. The fourth-order valence-electron chi connectivity index (χ4n) is 2.38. The van der Waals surface area contributed by atoms with Gasteiger partial charge in [-0.05, 0) is 18.2 Å². The zero-order valence-corrected chi connectivity index (χ0v) is 15.7. The minimum absolute atomic E-state index is 0. The number of nitrogens with two attached hydrogens (primary N) is 1. The third-order valence-corrected chi connectivity index (χ3v) is 3.46. The fraction of sp³-hybridized carbons (Fsp3) is 0.167. The largest absolute Gasteiger partial charge is 0.459 e. The Balaban J connectivity index is 0.00000208. The van der Waals surface area contributed by atoms with Crippen molar-refractivity contribution in [2.75, 3.05) is 12.4 Å². The summed E-state index contributed by atoms with van der Waals surface area (Å²) in [4.78, 5) is 4.33. The number of halogens is 1. The molecule has 2 aromatic carbocycles. The summed E-state index contributed by atoms with van der Waals surface area (Å²) in [5.74, 6) is 1.12. The number of anilines is 1. The highest BCUT2D eigenvalue weighted by atomic mass is 127. The summed E-state index contributed by atoms with van der Waals surface area (Å²) in [6.45, 7) is 0.903. The van der Waals surface area contributed by atoms with Crippen molar-refractivity contribution in [2.45, 2.75) is 13.2 Å². The van der Waals surface area contributed by atoms with Crippen LogP contribution in [-0.2, 0) is 17.9 Å². The maximum atomic E-state index is 5.97. The van der Waals surface area contributed by atoms with E-state index in [1.54, 1.807) is 7.11 Å². The van der Waals surface area contributed by atoms with Crippen molar-refractivity contribution in [1.82, 2.24) is 0 Å². The number of furan rings is 1. The van der Waals surface area contributed by atoms with E-state index in [-0.39, 0.29) is 24.0 Å². The van der Waals surface area contributed by atoms with Gasteiger partial charge in [0.2, 0.25) is 0 Å². The minimum atomic E-state index is 0. The zero-order valence-electron chi connectivity index (χ0n) is 13.4. The molecular weight excluding hydrogens is 417 g/mol. The van der Waals surface area contributed by atoms with E-state index >= 15 is 0 Å². The second-order valence-electron chi connectivity index (χ2n) is 5.17. The Kier molecular flexibility index (Phi) is 6.62. The predicted molar refractivity (Wildman–Crippen MR) is 108 cm³/mol. The number of nitrogens with zero attached hydrogens (tertiary/aromatic N) is 1. The van der Waals surface area contributed by atoms with Crippen LogP contribution in [0.1, 0.15) is 11.3 Å². The van der Waals surface area contributed by atoms with E-state index in [1.807, 2.05) is 54.6 Å². The number of guanidine groups is 1. The average molecular weight is 437 g/mol. The van der Waals surface area contributed by atoms with Gasteiger partial charge in [-0.2, -0.15) is 0 Å². The van der Waals surface area contributed by atoms with E-state index in [0.717, 1.165) is 28.0 Å². The summed E-state index contributed by atoms with van der Waals surface area (Å²) >= 11 is 0. The summed E-state index contributed by atoms with van der Waals surface area (Å²) in [7, 11) is 1.66. The molecule has 0 atom stereocenters. The quantitative estimate of drug-likeness (QED) is 0.358. The molecule has 0 fully saturated rings. The number of para-hydroxylation sites is 2. The molecule has 3 rings (SSSR count). The lowest BCUT2D eigenvalue weighted by atomic mass is 10.2. The van der Waals surface area contributed by atoms with E-state index in [2.05, 4.69) is 10.3 Å². The summed E-state index contributed by atoms with van der Waals surface area (Å²) < 4.78 is 10.9. The first-order chi connectivity index (χ1) is 11.3.